The van der Waals surface area contributed by atoms with Gasteiger partial charge in [0.15, 0.2) is 0 Å². The van der Waals surface area contributed by atoms with Gasteiger partial charge in [0.05, 0.1) is 16.5 Å². The molecule has 1 aromatic carbocycles. The number of aromatic nitrogens is 2. The third-order valence-electron chi connectivity index (χ3n) is 2.39. The van der Waals surface area contributed by atoms with E-state index in [1.54, 1.807) is 17.7 Å². The SMILES string of the molecule is S=c1nc[nH]c2cc(-c3ccccc3)sc12. The topological polar surface area (TPSA) is 28.7 Å². The maximum atomic E-state index is 5.20. The van der Waals surface area contributed by atoms with E-state index in [0.717, 1.165) is 10.2 Å². The molecule has 0 aliphatic rings. The van der Waals surface area contributed by atoms with Crippen LogP contribution in [-0.2, 0) is 0 Å². The summed E-state index contributed by atoms with van der Waals surface area (Å²) in [7, 11) is 0. The molecular weight excluding hydrogens is 236 g/mol. The predicted molar refractivity (Wildman–Crippen MR) is 70.2 cm³/mol. The van der Waals surface area contributed by atoms with Gasteiger partial charge in [-0.15, -0.1) is 11.3 Å². The van der Waals surface area contributed by atoms with Crippen molar-refractivity contribution in [2.75, 3.05) is 0 Å². The molecule has 0 bridgehead atoms. The van der Waals surface area contributed by atoms with E-state index >= 15 is 0 Å². The lowest BCUT2D eigenvalue weighted by Gasteiger charge is -1.93. The van der Waals surface area contributed by atoms with E-state index in [4.69, 9.17) is 12.2 Å². The summed E-state index contributed by atoms with van der Waals surface area (Å²) in [5.41, 5.74) is 2.27. The third kappa shape index (κ3) is 1.56. The average Bonchev–Trinajstić information content (AvgIpc) is 2.76. The fourth-order valence-electron chi connectivity index (χ4n) is 1.62. The van der Waals surface area contributed by atoms with Gasteiger partial charge in [-0.05, 0) is 11.6 Å². The second-order valence-electron chi connectivity index (χ2n) is 3.43. The molecule has 0 saturated heterocycles. The molecule has 0 fully saturated rings. The van der Waals surface area contributed by atoms with Crippen LogP contribution in [0, 0.1) is 4.64 Å². The normalized spacial score (nSPS) is 10.8. The van der Waals surface area contributed by atoms with Crippen molar-refractivity contribution in [1.29, 1.82) is 0 Å². The minimum Gasteiger partial charge on any atom is -0.345 e. The van der Waals surface area contributed by atoms with Crippen molar-refractivity contribution in [1.82, 2.24) is 9.97 Å². The lowest BCUT2D eigenvalue weighted by molar-refractivity contribution is 1.21. The highest BCUT2D eigenvalue weighted by atomic mass is 32.1. The highest BCUT2D eigenvalue weighted by molar-refractivity contribution is 7.71. The summed E-state index contributed by atoms with van der Waals surface area (Å²) in [6, 6.07) is 12.4. The molecule has 78 valence electrons. The van der Waals surface area contributed by atoms with Crippen molar-refractivity contribution in [2.45, 2.75) is 0 Å². The quantitative estimate of drug-likeness (QED) is 0.655. The Labute approximate surface area is 102 Å². The molecule has 2 aromatic heterocycles. The highest BCUT2D eigenvalue weighted by Gasteiger charge is 2.05. The third-order valence-corrected chi connectivity index (χ3v) is 4.02. The fraction of sp³-hybridized carbons (Fsp3) is 0. The Bertz CT molecular complexity index is 683. The first-order valence-electron chi connectivity index (χ1n) is 4.87. The summed E-state index contributed by atoms with van der Waals surface area (Å²) in [6.07, 6.45) is 1.64. The molecule has 0 amide bonds. The molecule has 2 nitrogen and oxygen atoms in total. The van der Waals surface area contributed by atoms with Crippen LogP contribution in [0.2, 0.25) is 0 Å². The van der Waals surface area contributed by atoms with E-state index in [9.17, 15) is 0 Å². The van der Waals surface area contributed by atoms with Crippen LogP contribution in [0.15, 0.2) is 42.7 Å². The van der Waals surface area contributed by atoms with Gasteiger partial charge in [0.2, 0.25) is 0 Å². The molecule has 0 aliphatic carbocycles. The molecule has 0 spiro atoms. The maximum Gasteiger partial charge on any atom is 0.147 e. The maximum absolute atomic E-state index is 5.20. The molecule has 0 radical (unpaired) electrons. The van der Waals surface area contributed by atoms with Gasteiger partial charge in [-0.3, -0.25) is 0 Å². The summed E-state index contributed by atoms with van der Waals surface area (Å²) in [5, 5.41) is 0. The number of rotatable bonds is 1. The van der Waals surface area contributed by atoms with E-state index in [1.165, 1.54) is 10.4 Å². The predicted octanol–water partition coefficient (Wildman–Crippen LogP) is 4.02. The van der Waals surface area contributed by atoms with Gasteiger partial charge in [-0.2, -0.15) is 0 Å². The number of aromatic amines is 1. The largest absolute Gasteiger partial charge is 0.345 e. The summed E-state index contributed by atoms with van der Waals surface area (Å²) in [5.74, 6) is 0. The first-order chi connectivity index (χ1) is 7.84. The van der Waals surface area contributed by atoms with Crippen molar-refractivity contribution < 1.29 is 0 Å². The van der Waals surface area contributed by atoms with Crippen molar-refractivity contribution in [2.24, 2.45) is 0 Å². The van der Waals surface area contributed by atoms with E-state index in [0.29, 0.717) is 4.64 Å². The molecule has 0 atom stereocenters. The highest BCUT2D eigenvalue weighted by Crippen LogP contribution is 2.32. The van der Waals surface area contributed by atoms with Crippen molar-refractivity contribution in [3.8, 4) is 10.4 Å². The molecule has 0 aliphatic heterocycles. The Morgan fingerprint density at radius 3 is 2.75 bits per heavy atom. The lowest BCUT2D eigenvalue weighted by atomic mass is 10.2. The number of thiophene rings is 1. The lowest BCUT2D eigenvalue weighted by Crippen LogP contribution is -1.76. The van der Waals surface area contributed by atoms with Crippen LogP contribution < -0.4 is 0 Å². The number of hydrogen-bond acceptors (Lipinski definition) is 3. The van der Waals surface area contributed by atoms with Crippen molar-refractivity contribution >= 4 is 33.8 Å². The van der Waals surface area contributed by atoms with E-state index in [-0.39, 0.29) is 0 Å². The zero-order chi connectivity index (χ0) is 11.0. The Morgan fingerprint density at radius 2 is 2.00 bits per heavy atom. The summed E-state index contributed by atoms with van der Waals surface area (Å²) in [4.78, 5) is 8.41. The minimum absolute atomic E-state index is 0.668. The minimum atomic E-state index is 0.668. The molecule has 16 heavy (non-hydrogen) atoms. The number of nitrogens with zero attached hydrogens (tertiary/aromatic N) is 1. The fourth-order valence-corrected chi connectivity index (χ4v) is 2.93. The van der Waals surface area contributed by atoms with E-state index < -0.39 is 0 Å². The molecule has 0 unspecified atom stereocenters. The monoisotopic (exact) mass is 244 g/mol. The van der Waals surface area contributed by atoms with Gasteiger partial charge in [-0.25, -0.2) is 4.98 Å². The molecule has 0 saturated carbocycles. The van der Waals surface area contributed by atoms with Crippen molar-refractivity contribution in [3.05, 3.63) is 47.4 Å². The van der Waals surface area contributed by atoms with Crippen LogP contribution in [0.5, 0.6) is 0 Å². The van der Waals surface area contributed by atoms with Gasteiger partial charge in [0, 0.05) is 4.88 Å². The van der Waals surface area contributed by atoms with Crippen LogP contribution >= 0.6 is 23.6 Å². The smallest absolute Gasteiger partial charge is 0.147 e. The molecule has 2 heterocycles. The molecule has 3 aromatic rings. The zero-order valence-corrected chi connectivity index (χ0v) is 9.94. The number of H-pyrrole nitrogens is 1. The van der Waals surface area contributed by atoms with Gasteiger partial charge >= 0.3 is 0 Å². The Morgan fingerprint density at radius 1 is 1.19 bits per heavy atom. The Kier molecular flexibility index (Phi) is 2.31. The van der Waals surface area contributed by atoms with Crippen LogP contribution in [0.3, 0.4) is 0 Å². The second kappa shape index (κ2) is 3.81. The van der Waals surface area contributed by atoms with Gasteiger partial charge in [0.25, 0.3) is 0 Å². The van der Waals surface area contributed by atoms with Crippen LogP contribution in [-0.4, -0.2) is 9.97 Å². The van der Waals surface area contributed by atoms with Crippen LogP contribution in [0.4, 0.5) is 0 Å². The van der Waals surface area contributed by atoms with E-state index in [2.05, 4.69) is 28.2 Å². The Balaban J connectivity index is 2.28. The number of nitrogens with one attached hydrogen (secondary N) is 1. The van der Waals surface area contributed by atoms with Crippen molar-refractivity contribution in [3.63, 3.8) is 0 Å². The number of fused-ring (bicyclic) bond motifs is 1. The first kappa shape index (κ1) is 9.69. The van der Waals surface area contributed by atoms with Gasteiger partial charge in [-0.1, -0.05) is 42.5 Å². The molecule has 4 heteroatoms. The molecule has 3 rings (SSSR count). The molecular formula is C12H8N2S2. The van der Waals surface area contributed by atoms with Gasteiger partial charge in [0.1, 0.15) is 4.64 Å². The number of hydrogen-bond donors (Lipinski definition) is 1. The zero-order valence-electron chi connectivity index (χ0n) is 8.31. The molecule has 1 N–H and O–H groups in total. The standard InChI is InChI=1S/C12H8N2S2/c15-12-11-9(13-7-14-12)6-10(16-11)8-4-2-1-3-5-8/h1-7H,(H,13,14,15). The first-order valence-corrected chi connectivity index (χ1v) is 6.10. The summed E-state index contributed by atoms with van der Waals surface area (Å²) < 4.78 is 1.72. The van der Waals surface area contributed by atoms with Crippen LogP contribution in [0.1, 0.15) is 0 Å². The average molecular weight is 244 g/mol. The van der Waals surface area contributed by atoms with Crippen LogP contribution in [0.25, 0.3) is 20.7 Å². The summed E-state index contributed by atoms with van der Waals surface area (Å²) >= 11 is 6.88. The van der Waals surface area contributed by atoms with Gasteiger partial charge < -0.3 is 4.98 Å². The summed E-state index contributed by atoms with van der Waals surface area (Å²) in [6.45, 7) is 0. The second-order valence-corrected chi connectivity index (χ2v) is 4.87. The number of benzene rings is 1. The van der Waals surface area contributed by atoms with E-state index in [1.807, 2.05) is 18.2 Å². The Hall–Kier alpha value is -1.52.